The van der Waals surface area contributed by atoms with Crippen molar-refractivity contribution >= 4 is 21.6 Å². The predicted octanol–water partition coefficient (Wildman–Crippen LogP) is 2.57. The molecule has 1 N–H and O–H groups in total. The number of nitrogens with zero attached hydrogens (tertiary/aromatic N) is 1. The van der Waals surface area contributed by atoms with Gasteiger partial charge in [-0.05, 0) is 43.7 Å². The zero-order valence-corrected chi connectivity index (χ0v) is 18.7. The SMILES string of the molecule is CCOc1cccc(CNC(=O)[C@H](C)N(c2cc(OC)ccc2OC)S(C)(=O)=O)c1. The minimum Gasteiger partial charge on any atom is -0.497 e. The molecule has 0 spiro atoms. The summed E-state index contributed by atoms with van der Waals surface area (Å²) in [5.74, 6) is 1.01. The van der Waals surface area contributed by atoms with Gasteiger partial charge in [0.15, 0.2) is 0 Å². The van der Waals surface area contributed by atoms with E-state index >= 15 is 0 Å². The van der Waals surface area contributed by atoms with Crippen LogP contribution >= 0.6 is 0 Å². The number of carbonyl (C=O) groups is 1. The van der Waals surface area contributed by atoms with Crippen LogP contribution in [0.3, 0.4) is 0 Å². The number of hydrogen-bond acceptors (Lipinski definition) is 6. The highest BCUT2D eigenvalue weighted by molar-refractivity contribution is 7.92. The Morgan fingerprint density at radius 3 is 2.43 bits per heavy atom. The first-order valence-electron chi connectivity index (χ1n) is 9.42. The van der Waals surface area contributed by atoms with Gasteiger partial charge in [0.1, 0.15) is 23.3 Å². The van der Waals surface area contributed by atoms with Crippen molar-refractivity contribution < 1.29 is 27.4 Å². The monoisotopic (exact) mass is 436 g/mol. The zero-order valence-electron chi connectivity index (χ0n) is 17.8. The number of sulfonamides is 1. The van der Waals surface area contributed by atoms with Gasteiger partial charge in [0.25, 0.3) is 0 Å². The van der Waals surface area contributed by atoms with Gasteiger partial charge in [0, 0.05) is 12.6 Å². The fourth-order valence-electron chi connectivity index (χ4n) is 3.00. The van der Waals surface area contributed by atoms with Gasteiger partial charge in [-0.1, -0.05) is 12.1 Å². The quantitative estimate of drug-likeness (QED) is 0.615. The van der Waals surface area contributed by atoms with E-state index in [-0.39, 0.29) is 12.2 Å². The van der Waals surface area contributed by atoms with Gasteiger partial charge < -0.3 is 19.5 Å². The predicted molar refractivity (Wildman–Crippen MR) is 116 cm³/mol. The third-order valence-electron chi connectivity index (χ3n) is 4.39. The number of amides is 1. The minimum absolute atomic E-state index is 0.223. The first kappa shape index (κ1) is 23.3. The van der Waals surface area contributed by atoms with Gasteiger partial charge >= 0.3 is 0 Å². The molecule has 0 aliphatic carbocycles. The Morgan fingerprint density at radius 1 is 1.10 bits per heavy atom. The fraction of sp³-hybridized carbons (Fsp3) is 0.381. The lowest BCUT2D eigenvalue weighted by molar-refractivity contribution is -0.122. The summed E-state index contributed by atoms with van der Waals surface area (Å²) < 4.78 is 42.1. The van der Waals surface area contributed by atoms with Crippen molar-refractivity contribution in [2.24, 2.45) is 0 Å². The molecule has 30 heavy (non-hydrogen) atoms. The maximum absolute atomic E-state index is 12.8. The highest BCUT2D eigenvalue weighted by atomic mass is 32.2. The van der Waals surface area contributed by atoms with E-state index in [1.807, 2.05) is 31.2 Å². The van der Waals surface area contributed by atoms with Crippen LogP contribution in [0.15, 0.2) is 42.5 Å². The van der Waals surface area contributed by atoms with Gasteiger partial charge in [-0.3, -0.25) is 9.10 Å². The molecule has 2 aromatic rings. The van der Waals surface area contributed by atoms with Gasteiger partial charge in [0.2, 0.25) is 15.9 Å². The van der Waals surface area contributed by atoms with Crippen LogP contribution in [0.2, 0.25) is 0 Å². The summed E-state index contributed by atoms with van der Waals surface area (Å²) in [7, 11) is -0.892. The average molecular weight is 437 g/mol. The molecule has 0 aromatic heterocycles. The van der Waals surface area contributed by atoms with Crippen molar-refractivity contribution in [1.82, 2.24) is 5.32 Å². The Labute approximate surface area is 177 Å². The average Bonchev–Trinajstić information content (AvgIpc) is 2.71. The van der Waals surface area contributed by atoms with Crippen LogP contribution in [-0.4, -0.2) is 47.4 Å². The number of anilines is 1. The highest BCUT2D eigenvalue weighted by Gasteiger charge is 2.31. The molecular weight excluding hydrogens is 408 g/mol. The van der Waals surface area contributed by atoms with E-state index in [9.17, 15) is 13.2 Å². The zero-order chi connectivity index (χ0) is 22.3. The van der Waals surface area contributed by atoms with Crippen molar-refractivity contribution in [2.45, 2.75) is 26.4 Å². The van der Waals surface area contributed by atoms with Crippen LogP contribution in [0, 0.1) is 0 Å². The summed E-state index contributed by atoms with van der Waals surface area (Å²) in [6.45, 7) is 4.18. The number of nitrogens with one attached hydrogen (secondary N) is 1. The van der Waals surface area contributed by atoms with Crippen LogP contribution in [0.4, 0.5) is 5.69 Å². The summed E-state index contributed by atoms with van der Waals surface area (Å²) in [5, 5.41) is 2.78. The molecule has 8 nitrogen and oxygen atoms in total. The van der Waals surface area contributed by atoms with E-state index in [1.54, 1.807) is 12.1 Å². The second kappa shape index (κ2) is 10.2. The lowest BCUT2D eigenvalue weighted by Gasteiger charge is -2.29. The van der Waals surface area contributed by atoms with Gasteiger partial charge in [-0.15, -0.1) is 0 Å². The highest BCUT2D eigenvalue weighted by Crippen LogP contribution is 2.35. The van der Waals surface area contributed by atoms with Crippen LogP contribution < -0.4 is 23.8 Å². The Morgan fingerprint density at radius 2 is 1.83 bits per heavy atom. The van der Waals surface area contributed by atoms with E-state index in [2.05, 4.69) is 5.32 Å². The Bertz CT molecular complexity index is 977. The molecule has 0 unspecified atom stereocenters. The van der Waals surface area contributed by atoms with E-state index < -0.39 is 22.0 Å². The molecule has 0 radical (unpaired) electrons. The van der Waals surface area contributed by atoms with Crippen LogP contribution in [0.1, 0.15) is 19.4 Å². The number of carbonyl (C=O) groups excluding carboxylic acids is 1. The molecule has 0 heterocycles. The standard InChI is InChI=1S/C21H28N2O6S/c1-6-29-18-9-7-8-16(12-18)14-22-21(24)15(2)23(30(5,25)26)19-13-17(27-3)10-11-20(19)28-4/h7-13,15H,6,14H2,1-5H3,(H,22,24)/t15-/m0/s1. The number of benzene rings is 2. The minimum atomic E-state index is -3.80. The Balaban J connectivity index is 2.27. The van der Waals surface area contributed by atoms with E-state index in [0.29, 0.717) is 23.9 Å². The molecule has 1 amide bonds. The lowest BCUT2D eigenvalue weighted by Crippen LogP contribution is -2.47. The molecule has 0 saturated heterocycles. The normalized spacial score (nSPS) is 12.0. The second-order valence-electron chi connectivity index (χ2n) is 6.57. The fourth-order valence-corrected chi connectivity index (χ4v) is 4.17. The number of methoxy groups -OCH3 is 2. The molecule has 0 fully saturated rings. The van der Waals surface area contributed by atoms with Crippen LogP contribution in [0.5, 0.6) is 17.2 Å². The van der Waals surface area contributed by atoms with Gasteiger partial charge in [-0.25, -0.2) is 8.42 Å². The molecule has 2 rings (SSSR count). The third-order valence-corrected chi connectivity index (χ3v) is 5.62. The molecule has 0 saturated carbocycles. The van der Waals surface area contributed by atoms with Gasteiger partial charge in [-0.2, -0.15) is 0 Å². The molecule has 0 bridgehead atoms. The molecule has 0 aliphatic rings. The molecular formula is C21H28N2O6S. The van der Waals surface area contributed by atoms with E-state index in [4.69, 9.17) is 14.2 Å². The largest absolute Gasteiger partial charge is 0.497 e. The van der Waals surface area contributed by atoms with Crippen LogP contribution in [0.25, 0.3) is 0 Å². The Hall–Kier alpha value is -2.94. The maximum atomic E-state index is 12.8. The summed E-state index contributed by atoms with van der Waals surface area (Å²) in [4.78, 5) is 12.8. The van der Waals surface area contributed by atoms with Crippen molar-refractivity contribution in [3.05, 3.63) is 48.0 Å². The molecule has 0 aliphatic heterocycles. The van der Waals surface area contributed by atoms with Crippen LogP contribution in [-0.2, 0) is 21.4 Å². The van der Waals surface area contributed by atoms with Crippen molar-refractivity contribution in [3.8, 4) is 17.2 Å². The summed E-state index contributed by atoms with van der Waals surface area (Å²) in [6, 6.07) is 11.1. The topological polar surface area (TPSA) is 94.2 Å². The van der Waals surface area contributed by atoms with E-state index in [1.165, 1.54) is 27.2 Å². The third kappa shape index (κ3) is 5.79. The van der Waals surface area contributed by atoms with E-state index in [0.717, 1.165) is 16.1 Å². The summed E-state index contributed by atoms with van der Waals surface area (Å²) >= 11 is 0. The van der Waals surface area contributed by atoms with Crippen molar-refractivity contribution in [1.29, 1.82) is 0 Å². The smallest absolute Gasteiger partial charge is 0.243 e. The molecule has 2 aromatic carbocycles. The number of rotatable bonds is 10. The first-order valence-corrected chi connectivity index (χ1v) is 11.3. The number of ether oxygens (including phenoxy) is 3. The van der Waals surface area contributed by atoms with Gasteiger partial charge in [0.05, 0.1) is 32.8 Å². The maximum Gasteiger partial charge on any atom is 0.243 e. The number of hydrogen-bond donors (Lipinski definition) is 1. The Kier molecular flexibility index (Phi) is 7.93. The second-order valence-corrected chi connectivity index (χ2v) is 8.43. The van der Waals surface area contributed by atoms with Crippen molar-refractivity contribution in [2.75, 3.05) is 31.4 Å². The molecule has 9 heteroatoms. The van der Waals surface area contributed by atoms with Crippen molar-refractivity contribution in [3.63, 3.8) is 0 Å². The summed E-state index contributed by atoms with van der Waals surface area (Å²) in [6.07, 6.45) is 1.04. The molecule has 164 valence electrons. The summed E-state index contributed by atoms with van der Waals surface area (Å²) in [5.41, 5.74) is 1.06. The lowest BCUT2D eigenvalue weighted by atomic mass is 10.2. The first-order chi connectivity index (χ1) is 14.2. The molecule has 1 atom stereocenters.